The van der Waals surface area contributed by atoms with Crippen LogP contribution >= 0.6 is 0 Å². The topological polar surface area (TPSA) is 27.6 Å². The van der Waals surface area contributed by atoms with Crippen molar-refractivity contribution in [3.05, 3.63) is 50.1 Å². The van der Waals surface area contributed by atoms with Gasteiger partial charge in [-0.3, -0.25) is 0 Å². The normalized spacial score (nSPS) is 11.3. The zero-order chi connectivity index (χ0) is 20.8. The Kier molecular flexibility index (Phi) is 24.6. The fourth-order valence-electron chi connectivity index (χ4n) is 4.15. The lowest BCUT2D eigenvalue weighted by atomic mass is 9.74. The van der Waals surface area contributed by atoms with Crippen molar-refractivity contribution in [3.8, 4) is 0 Å². The Labute approximate surface area is 189 Å². The third-order valence-electron chi connectivity index (χ3n) is 5.85. The molecule has 1 nitrogen and oxygen atoms in total. The minimum atomic E-state index is 0. The van der Waals surface area contributed by atoms with Crippen molar-refractivity contribution in [1.82, 2.24) is 0 Å². The van der Waals surface area contributed by atoms with Crippen LogP contribution in [-0.2, 0) is 0 Å². The van der Waals surface area contributed by atoms with Crippen LogP contribution in [0.15, 0.2) is 50.1 Å². The van der Waals surface area contributed by atoms with E-state index in [2.05, 4.69) is 55.9 Å². The van der Waals surface area contributed by atoms with Crippen molar-refractivity contribution >= 4 is 0 Å². The number of allylic oxidation sites excluding steroid dienone is 5. The van der Waals surface area contributed by atoms with Crippen LogP contribution in [0, 0.1) is 5.41 Å². The van der Waals surface area contributed by atoms with E-state index in [9.17, 15) is 0 Å². The first-order valence-corrected chi connectivity index (χ1v) is 12.0. The Balaban J connectivity index is 0. The van der Waals surface area contributed by atoms with Crippen LogP contribution in [0.25, 0.3) is 0 Å². The van der Waals surface area contributed by atoms with Crippen LogP contribution in [0.1, 0.15) is 109 Å². The SMILES string of the molecule is C=CCC(CC=C)(CC=C)CCCCCCC/C=C\CCCCCCCC[NH3+].[Cl-]. The van der Waals surface area contributed by atoms with Crippen molar-refractivity contribution in [2.75, 3.05) is 6.54 Å². The highest BCUT2D eigenvalue weighted by atomic mass is 35.5. The molecule has 2 heteroatoms. The molecule has 0 atom stereocenters. The Hall–Kier alpha value is -0.790. The van der Waals surface area contributed by atoms with E-state index in [-0.39, 0.29) is 12.4 Å². The molecule has 0 rings (SSSR count). The van der Waals surface area contributed by atoms with Gasteiger partial charge in [-0.05, 0) is 69.6 Å². The zero-order valence-corrected chi connectivity index (χ0v) is 20.1. The van der Waals surface area contributed by atoms with Gasteiger partial charge in [0, 0.05) is 0 Å². The van der Waals surface area contributed by atoms with E-state index in [0.717, 1.165) is 25.8 Å². The zero-order valence-electron chi connectivity index (χ0n) is 19.3. The van der Waals surface area contributed by atoms with Gasteiger partial charge in [0.2, 0.25) is 0 Å². The van der Waals surface area contributed by atoms with Gasteiger partial charge in [0.05, 0.1) is 6.54 Å². The second kappa shape index (κ2) is 23.5. The van der Waals surface area contributed by atoms with Gasteiger partial charge in [-0.2, -0.15) is 0 Å². The van der Waals surface area contributed by atoms with E-state index in [1.165, 1.54) is 89.9 Å². The molecule has 0 heterocycles. The molecule has 0 radical (unpaired) electrons. The van der Waals surface area contributed by atoms with Gasteiger partial charge in [-0.15, -0.1) is 19.7 Å². The van der Waals surface area contributed by atoms with Gasteiger partial charge >= 0.3 is 0 Å². The Morgan fingerprint density at radius 3 is 1.34 bits per heavy atom. The number of quaternary nitrogens is 1. The van der Waals surface area contributed by atoms with Gasteiger partial charge < -0.3 is 18.1 Å². The van der Waals surface area contributed by atoms with E-state index in [4.69, 9.17) is 0 Å². The third kappa shape index (κ3) is 18.9. The highest BCUT2D eigenvalue weighted by Crippen LogP contribution is 2.38. The predicted molar refractivity (Wildman–Crippen MR) is 128 cm³/mol. The summed E-state index contributed by atoms with van der Waals surface area (Å²) >= 11 is 0. The molecule has 0 amide bonds. The van der Waals surface area contributed by atoms with Gasteiger partial charge in [0.25, 0.3) is 0 Å². The summed E-state index contributed by atoms with van der Waals surface area (Å²) in [4.78, 5) is 0. The summed E-state index contributed by atoms with van der Waals surface area (Å²) in [5.74, 6) is 0. The van der Waals surface area contributed by atoms with Crippen molar-refractivity contribution in [1.29, 1.82) is 0 Å². The largest absolute Gasteiger partial charge is 1.00 e. The van der Waals surface area contributed by atoms with E-state index in [1.807, 2.05) is 0 Å². The molecule has 0 unspecified atom stereocenters. The van der Waals surface area contributed by atoms with Gasteiger partial charge in [0.1, 0.15) is 0 Å². The molecule has 0 aromatic rings. The third-order valence-corrected chi connectivity index (χ3v) is 5.85. The van der Waals surface area contributed by atoms with E-state index in [1.54, 1.807) is 0 Å². The van der Waals surface area contributed by atoms with E-state index < -0.39 is 0 Å². The lowest BCUT2D eigenvalue weighted by Gasteiger charge is -2.31. The van der Waals surface area contributed by atoms with Crippen LogP contribution in [0.4, 0.5) is 0 Å². The van der Waals surface area contributed by atoms with Gasteiger partial charge in [0.15, 0.2) is 0 Å². The number of halogens is 1. The fourth-order valence-corrected chi connectivity index (χ4v) is 4.15. The Morgan fingerprint density at radius 2 is 0.931 bits per heavy atom. The molecule has 0 aliphatic carbocycles. The highest BCUT2D eigenvalue weighted by Gasteiger charge is 2.25. The molecule has 0 saturated heterocycles. The fraction of sp³-hybridized carbons (Fsp3) is 0.704. The van der Waals surface area contributed by atoms with Crippen LogP contribution in [-0.4, -0.2) is 6.54 Å². The molecule has 0 aliphatic heterocycles. The monoisotopic (exact) mass is 423 g/mol. The molecule has 29 heavy (non-hydrogen) atoms. The minimum absolute atomic E-state index is 0. The molecule has 0 spiro atoms. The van der Waals surface area contributed by atoms with Gasteiger partial charge in [-0.25, -0.2) is 0 Å². The van der Waals surface area contributed by atoms with Crippen molar-refractivity contribution in [2.24, 2.45) is 5.41 Å². The molecule has 0 fully saturated rings. The van der Waals surface area contributed by atoms with Crippen molar-refractivity contribution < 1.29 is 18.1 Å². The predicted octanol–water partition coefficient (Wildman–Crippen LogP) is 4.96. The van der Waals surface area contributed by atoms with E-state index in [0.29, 0.717) is 5.41 Å². The average Bonchev–Trinajstić information content (AvgIpc) is 2.68. The molecule has 0 aromatic heterocycles. The average molecular weight is 424 g/mol. The summed E-state index contributed by atoms with van der Waals surface area (Å²) in [6.45, 7) is 13.0. The Morgan fingerprint density at radius 1 is 0.552 bits per heavy atom. The first-order valence-electron chi connectivity index (χ1n) is 12.0. The van der Waals surface area contributed by atoms with Crippen LogP contribution in [0.3, 0.4) is 0 Å². The highest BCUT2D eigenvalue weighted by molar-refractivity contribution is 4.95. The van der Waals surface area contributed by atoms with Crippen LogP contribution < -0.4 is 18.1 Å². The second-order valence-electron chi connectivity index (χ2n) is 8.52. The molecule has 3 N–H and O–H groups in total. The summed E-state index contributed by atoms with van der Waals surface area (Å²) in [5, 5.41) is 0. The number of hydrogen-bond donors (Lipinski definition) is 1. The lowest BCUT2D eigenvalue weighted by molar-refractivity contribution is -0.368. The van der Waals surface area contributed by atoms with Crippen molar-refractivity contribution in [3.63, 3.8) is 0 Å². The Bertz CT molecular complexity index is 373. The molecule has 0 aromatic carbocycles. The molecule has 0 saturated carbocycles. The minimum Gasteiger partial charge on any atom is -1.00 e. The van der Waals surface area contributed by atoms with Crippen molar-refractivity contribution in [2.45, 2.75) is 109 Å². The first-order chi connectivity index (χ1) is 13.7. The van der Waals surface area contributed by atoms with E-state index >= 15 is 0 Å². The number of unbranched alkanes of at least 4 members (excludes halogenated alkanes) is 11. The summed E-state index contributed by atoms with van der Waals surface area (Å²) in [5.41, 5.74) is 4.22. The molecule has 0 aliphatic rings. The van der Waals surface area contributed by atoms with Crippen LogP contribution in [0.5, 0.6) is 0 Å². The molecular weight excluding hydrogens is 374 g/mol. The summed E-state index contributed by atoms with van der Waals surface area (Å²) in [6.07, 6.45) is 33.1. The summed E-state index contributed by atoms with van der Waals surface area (Å²) in [6, 6.07) is 0. The maximum atomic E-state index is 3.96. The van der Waals surface area contributed by atoms with Crippen LogP contribution in [0.2, 0.25) is 0 Å². The number of rotatable bonds is 22. The smallest absolute Gasteiger partial charge is 0.0739 e. The van der Waals surface area contributed by atoms with Gasteiger partial charge in [-0.1, -0.05) is 75.3 Å². The molecular formula is C27H50ClN. The standard InChI is InChI=1S/C27H49N.ClH/c1-4-22-27(23-5-2,24-6-3)25-20-18-16-14-12-10-8-7-9-11-13-15-17-19-21-26-28;/h4-8H,1-3,9-26,28H2;1H/b8-7-;. The molecule has 0 bridgehead atoms. The first kappa shape index (κ1) is 30.4. The maximum absolute atomic E-state index is 3.96. The number of hydrogen-bond acceptors (Lipinski definition) is 0. The molecule has 170 valence electrons. The lowest BCUT2D eigenvalue weighted by Crippen LogP contribution is -3.00. The quantitative estimate of drug-likeness (QED) is 0.188. The second-order valence-corrected chi connectivity index (χ2v) is 8.52. The summed E-state index contributed by atoms with van der Waals surface area (Å²) < 4.78 is 0. The summed E-state index contributed by atoms with van der Waals surface area (Å²) in [7, 11) is 0. The maximum Gasteiger partial charge on any atom is 0.0739 e.